The molecule has 2 aromatic rings. The zero-order valence-corrected chi connectivity index (χ0v) is 12.4. The highest BCUT2D eigenvalue weighted by Gasteiger charge is 2.18. The number of Topliss-reactive ketones (excluding diaryl/α,β-unsaturated/α-hetero) is 1. The van der Waals surface area contributed by atoms with Crippen molar-refractivity contribution in [2.45, 2.75) is 0 Å². The van der Waals surface area contributed by atoms with Crippen LogP contribution in [0.5, 0.6) is 17.2 Å². The molecule has 6 heteroatoms. The molecule has 0 radical (unpaired) electrons. The van der Waals surface area contributed by atoms with Crippen LogP contribution in [0.1, 0.15) is 20.7 Å². The second-order valence-electron chi connectivity index (χ2n) is 4.80. The van der Waals surface area contributed by atoms with Crippen molar-refractivity contribution in [3.63, 3.8) is 0 Å². The van der Waals surface area contributed by atoms with E-state index < -0.39 is 5.97 Å². The average molecular weight is 314 g/mol. The Bertz CT molecular complexity index is 735. The number of carbonyl (C=O) groups is 2. The highest BCUT2D eigenvalue weighted by molar-refractivity contribution is 5.99. The minimum absolute atomic E-state index is 0.129. The zero-order valence-electron chi connectivity index (χ0n) is 12.4. The molecule has 23 heavy (non-hydrogen) atoms. The first-order valence-corrected chi connectivity index (χ1v) is 6.91. The van der Waals surface area contributed by atoms with Gasteiger partial charge in [0.2, 0.25) is 6.79 Å². The first-order valence-electron chi connectivity index (χ1n) is 6.91. The van der Waals surface area contributed by atoms with Gasteiger partial charge in [-0.2, -0.15) is 0 Å². The molecule has 0 atom stereocenters. The van der Waals surface area contributed by atoms with E-state index in [0.717, 1.165) is 0 Å². The van der Waals surface area contributed by atoms with E-state index in [1.807, 2.05) is 0 Å². The molecule has 0 unspecified atom stereocenters. The van der Waals surface area contributed by atoms with Gasteiger partial charge in [-0.25, -0.2) is 4.79 Å². The van der Waals surface area contributed by atoms with Crippen molar-refractivity contribution in [1.29, 1.82) is 0 Å². The van der Waals surface area contributed by atoms with Gasteiger partial charge in [0.05, 0.1) is 12.7 Å². The normalized spacial score (nSPS) is 11.9. The largest absolute Gasteiger partial charge is 0.497 e. The van der Waals surface area contributed by atoms with E-state index >= 15 is 0 Å². The van der Waals surface area contributed by atoms with E-state index in [1.165, 1.54) is 6.07 Å². The van der Waals surface area contributed by atoms with Gasteiger partial charge in [0, 0.05) is 5.56 Å². The molecule has 0 fully saturated rings. The van der Waals surface area contributed by atoms with E-state index in [9.17, 15) is 9.59 Å². The third-order valence-electron chi connectivity index (χ3n) is 3.35. The van der Waals surface area contributed by atoms with Crippen molar-refractivity contribution in [2.24, 2.45) is 0 Å². The van der Waals surface area contributed by atoms with Crippen LogP contribution in [0.2, 0.25) is 0 Å². The molecule has 2 aromatic carbocycles. The molecule has 0 amide bonds. The fourth-order valence-electron chi connectivity index (χ4n) is 2.10. The molecule has 0 spiro atoms. The van der Waals surface area contributed by atoms with Crippen LogP contribution >= 0.6 is 0 Å². The van der Waals surface area contributed by atoms with Gasteiger partial charge in [0.15, 0.2) is 23.9 Å². The quantitative estimate of drug-likeness (QED) is 0.623. The number of esters is 1. The van der Waals surface area contributed by atoms with Crippen LogP contribution in [-0.2, 0) is 4.74 Å². The van der Waals surface area contributed by atoms with Crippen molar-refractivity contribution in [3.8, 4) is 17.2 Å². The summed E-state index contributed by atoms with van der Waals surface area (Å²) in [5.74, 6) is 0.836. The van der Waals surface area contributed by atoms with Gasteiger partial charge in [-0.3, -0.25) is 4.79 Å². The summed E-state index contributed by atoms with van der Waals surface area (Å²) in [6.07, 6.45) is 0. The highest BCUT2D eigenvalue weighted by atomic mass is 16.7. The van der Waals surface area contributed by atoms with Gasteiger partial charge < -0.3 is 18.9 Å². The second-order valence-corrected chi connectivity index (χ2v) is 4.80. The molecule has 0 aliphatic carbocycles. The molecule has 3 rings (SSSR count). The maximum absolute atomic E-state index is 12.0. The third-order valence-corrected chi connectivity index (χ3v) is 3.35. The second kappa shape index (κ2) is 6.39. The highest BCUT2D eigenvalue weighted by Crippen LogP contribution is 2.32. The molecule has 0 bridgehead atoms. The summed E-state index contributed by atoms with van der Waals surface area (Å²) in [7, 11) is 1.55. The van der Waals surface area contributed by atoms with Crippen LogP contribution in [0.15, 0.2) is 42.5 Å². The number of ether oxygens (including phenoxy) is 4. The number of methoxy groups -OCH3 is 1. The van der Waals surface area contributed by atoms with E-state index in [2.05, 4.69) is 0 Å². The van der Waals surface area contributed by atoms with Crippen molar-refractivity contribution >= 4 is 11.8 Å². The first kappa shape index (κ1) is 14.9. The van der Waals surface area contributed by atoms with Gasteiger partial charge >= 0.3 is 5.97 Å². The Labute approximate surface area is 132 Å². The van der Waals surface area contributed by atoms with Gasteiger partial charge in [-0.05, 0) is 42.5 Å². The summed E-state index contributed by atoms with van der Waals surface area (Å²) < 4.78 is 20.4. The summed E-state index contributed by atoms with van der Waals surface area (Å²) in [5, 5.41) is 0. The summed E-state index contributed by atoms with van der Waals surface area (Å²) in [6, 6.07) is 11.3. The Morgan fingerprint density at radius 3 is 2.43 bits per heavy atom. The Balaban J connectivity index is 1.60. The molecule has 1 aliphatic rings. The lowest BCUT2D eigenvalue weighted by atomic mass is 10.1. The fraction of sp³-hybridized carbons (Fsp3) is 0.176. The Hall–Kier alpha value is -3.02. The minimum Gasteiger partial charge on any atom is -0.497 e. The Morgan fingerprint density at radius 1 is 1.00 bits per heavy atom. The van der Waals surface area contributed by atoms with Crippen molar-refractivity contribution in [1.82, 2.24) is 0 Å². The molecule has 0 saturated carbocycles. The minimum atomic E-state index is -0.592. The van der Waals surface area contributed by atoms with E-state index in [4.69, 9.17) is 18.9 Å². The van der Waals surface area contributed by atoms with Gasteiger partial charge in [-0.1, -0.05) is 0 Å². The van der Waals surface area contributed by atoms with E-state index in [1.54, 1.807) is 43.5 Å². The molecule has 6 nitrogen and oxygen atoms in total. The van der Waals surface area contributed by atoms with Crippen molar-refractivity contribution in [2.75, 3.05) is 20.5 Å². The van der Waals surface area contributed by atoms with Gasteiger partial charge in [0.25, 0.3) is 0 Å². The summed E-state index contributed by atoms with van der Waals surface area (Å²) in [4.78, 5) is 24.0. The molecule has 1 aliphatic heterocycles. The topological polar surface area (TPSA) is 71.1 Å². The van der Waals surface area contributed by atoms with Crippen LogP contribution in [-0.4, -0.2) is 32.3 Å². The fourth-order valence-corrected chi connectivity index (χ4v) is 2.10. The van der Waals surface area contributed by atoms with E-state index in [-0.39, 0.29) is 19.2 Å². The predicted molar refractivity (Wildman–Crippen MR) is 80.2 cm³/mol. The number of carbonyl (C=O) groups excluding carboxylic acids is 2. The van der Waals surface area contributed by atoms with Gasteiger partial charge in [-0.15, -0.1) is 0 Å². The van der Waals surface area contributed by atoms with Crippen LogP contribution in [0.25, 0.3) is 0 Å². The van der Waals surface area contributed by atoms with Crippen molar-refractivity contribution < 1.29 is 28.5 Å². The van der Waals surface area contributed by atoms with Crippen LogP contribution in [0.3, 0.4) is 0 Å². The number of hydrogen-bond acceptors (Lipinski definition) is 6. The van der Waals surface area contributed by atoms with Gasteiger partial charge in [0.1, 0.15) is 5.75 Å². The molecule has 0 N–H and O–H groups in total. The summed E-state index contributed by atoms with van der Waals surface area (Å²) in [6.45, 7) is -0.205. The number of rotatable bonds is 5. The van der Waals surface area contributed by atoms with Crippen LogP contribution < -0.4 is 14.2 Å². The standard InChI is InChI=1S/C17H14O6/c1-20-13-5-2-11(3-6-13)14(18)9-21-17(19)12-4-7-15-16(8-12)23-10-22-15/h2-8H,9-10H2,1H3. The number of ketones is 1. The number of benzene rings is 2. The lowest BCUT2D eigenvalue weighted by Gasteiger charge is -2.06. The number of fused-ring (bicyclic) bond motifs is 1. The average Bonchev–Trinajstić information content (AvgIpc) is 3.07. The first-order chi connectivity index (χ1) is 11.2. The lowest BCUT2D eigenvalue weighted by molar-refractivity contribution is 0.0474. The molecule has 118 valence electrons. The van der Waals surface area contributed by atoms with Crippen LogP contribution in [0, 0.1) is 0 Å². The molecule has 0 aromatic heterocycles. The van der Waals surface area contributed by atoms with Crippen molar-refractivity contribution in [3.05, 3.63) is 53.6 Å². The molecule has 1 heterocycles. The zero-order chi connectivity index (χ0) is 16.2. The smallest absolute Gasteiger partial charge is 0.338 e. The Kier molecular flexibility index (Phi) is 4.14. The summed E-state index contributed by atoms with van der Waals surface area (Å²) in [5.41, 5.74) is 0.751. The van der Waals surface area contributed by atoms with Crippen LogP contribution in [0.4, 0.5) is 0 Å². The molecular weight excluding hydrogens is 300 g/mol. The molecular formula is C17H14O6. The Morgan fingerprint density at radius 2 is 1.70 bits per heavy atom. The SMILES string of the molecule is COc1ccc(C(=O)COC(=O)c2ccc3c(c2)OCO3)cc1. The number of hydrogen-bond donors (Lipinski definition) is 0. The predicted octanol–water partition coefficient (Wildman–Crippen LogP) is 2.46. The third kappa shape index (κ3) is 3.26. The maximum Gasteiger partial charge on any atom is 0.338 e. The lowest BCUT2D eigenvalue weighted by Crippen LogP contribution is -2.14. The van der Waals surface area contributed by atoms with E-state index in [0.29, 0.717) is 28.4 Å². The maximum atomic E-state index is 12.0. The molecule has 0 saturated heterocycles. The monoisotopic (exact) mass is 314 g/mol. The summed E-state index contributed by atoms with van der Waals surface area (Å²) >= 11 is 0.